The van der Waals surface area contributed by atoms with Crippen molar-refractivity contribution in [1.29, 1.82) is 0 Å². The molecule has 0 aliphatic rings. The van der Waals surface area contributed by atoms with Crippen LogP contribution in [-0.4, -0.2) is 14.4 Å². The molecule has 1 aromatic heterocycles. The van der Waals surface area contributed by atoms with Crippen molar-refractivity contribution in [1.82, 2.24) is 14.9 Å². The Hall–Kier alpha value is -2.98. The van der Waals surface area contributed by atoms with Crippen molar-refractivity contribution in [2.45, 2.75) is 18.9 Å². The fourth-order valence-electron chi connectivity index (χ4n) is 3.48. The predicted molar refractivity (Wildman–Crippen MR) is 120 cm³/mol. The van der Waals surface area contributed by atoms with Gasteiger partial charge in [-0.1, -0.05) is 78.9 Å². The first-order valence-electron chi connectivity index (χ1n) is 9.84. The molecule has 3 aromatic carbocycles. The number of nitrogens with zero attached hydrogens (tertiary/aromatic N) is 2. The molecule has 2 unspecified atom stereocenters. The van der Waals surface area contributed by atoms with Gasteiger partial charge < -0.3 is 9.46 Å². The number of hydrogen-bond acceptors (Lipinski definition) is 3. The van der Waals surface area contributed by atoms with Crippen molar-refractivity contribution in [3.05, 3.63) is 120 Å². The van der Waals surface area contributed by atoms with Crippen molar-refractivity contribution in [2.75, 3.05) is 0 Å². The van der Waals surface area contributed by atoms with Gasteiger partial charge in [-0.25, -0.2) is 4.98 Å². The maximum Gasteiger partial charge on any atom is 0.252 e. The van der Waals surface area contributed by atoms with Crippen LogP contribution in [0.4, 0.5) is 0 Å². The quantitative estimate of drug-likeness (QED) is 0.419. The molecule has 4 rings (SSSR count). The lowest BCUT2D eigenvalue weighted by atomic mass is 10.2. The summed E-state index contributed by atoms with van der Waals surface area (Å²) in [5, 5.41) is 3.75. The van der Waals surface area contributed by atoms with E-state index in [-0.39, 0.29) is 0 Å². The van der Waals surface area contributed by atoms with Gasteiger partial charge in [-0.3, -0.25) is 9.88 Å². The number of rotatable bonds is 8. The van der Waals surface area contributed by atoms with E-state index >= 15 is 0 Å². The monoisotopic (exact) mass is 417 g/mol. The zero-order valence-corrected chi connectivity index (χ0v) is 17.4. The second kappa shape index (κ2) is 9.23. The molecule has 0 saturated heterocycles. The Balaban J connectivity index is 1.69. The molecule has 0 spiro atoms. The van der Waals surface area contributed by atoms with Gasteiger partial charge in [0.2, 0.25) is 0 Å². The van der Waals surface area contributed by atoms with Gasteiger partial charge in [0.05, 0.1) is 18.2 Å². The Morgan fingerprint density at radius 1 is 0.867 bits per heavy atom. The molecule has 4 aromatic rings. The molecule has 152 valence electrons. The predicted octanol–water partition coefficient (Wildman–Crippen LogP) is 4.32. The molecule has 1 heterocycles. The highest BCUT2D eigenvalue weighted by Gasteiger charge is 2.36. The first-order valence-corrected chi connectivity index (χ1v) is 11.6. The Labute approximate surface area is 176 Å². The van der Waals surface area contributed by atoms with E-state index in [1.165, 1.54) is 0 Å². The van der Waals surface area contributed by atoms with Crippen LogP contribution in [0, 0.1) is 0 Å². The van der Waals surface area contributed by atoms with Crippen LogP contribution < -0.4 is 10.6 Å². The molecule has 0 saturated carbocycles. The summed E-state index contributed by atoms with van der Waals surface area (Å²) in [6, 6.07) is 28.7. The third kappa shape index (κ3) is 4.60. The highest BCUT2D eigenvalue weighted by atomic mass is 31.2. The lowest BCUT2D eigenvalue weighted by molar-refractivity contribution is 0.453. The summed E-state index contributed by atoms with van der Waals surface area (Å²) >= 11 is 0. The van der Waals surface area contributed by atoms with Gasteiger partial charge in [0, 0.05) is 18.4 Å². The Morgan fingerprint density at radius 3 is 2.07 bits per heavy atom. The lowest BCUT2D eigenvalue weighted by Gasteiger charge is -2.26. The average molecular weight is 417 g/mol. The van der Waals surface area contributed by atoms with Crippen LogP contribution in [0.5, 0.6) is 0 Å². The van der Waals surface area contributed by atoms with Crippen LogP contribution in [-0.2, 0) is 17.7 Å². The number of imidazole rings is 1. The fraction of sp³-hybridized carbons (Fsp3) is 0.125. The van der Waals surface area contributed by atoms with Crippen LogP contribution in [0.25, 0.3) is 0 Å². The van der Waals surface area contributed by atoms with Crippen LogP contribution in [0.2, 0.25) is 0 Å². The number of benzene rings is 3. The van der Waals surface area contributed by atoms with Crippen LogP contribution in [0.1, 0.15) is 22.6 Å². The van der Waals surface area contributed by atoms with Gasteiger partial charge in [0.25, 0.3) is 7.37 Å². The van der Waals surface area contributed by atoms with E-state index in [1.807, 2.05) is 71.3 Å². The molecule has 5 nitrogen and oxygen atoms in total. The van der Waals surface area contributed by atoms with Crippen LogP contribution in [0.15, 0.2) is 104 Å². The van der Waals surface area contributed by atoms with E-state index in [4.69, 9.17) is 0 Å². The minimum Gasteiger partial charge on any atom is -0.340 e. The van der Waals surface area contributed by atoms with E-state index in [0.29, 0.717) is 24.1 Å². The second-order valence-electron chi connectivity index (χ2n) is 7.16. The minimum absolute atomic E-state index is 0.419. The Morgan fingerprint density at radius 2 is 1.43 bits per heavy atom. The number of hydrogen-bond donors (Lipinski definition) is 2. The second-order valence-corrected chi connectivity index (χ2v) is 9.44. The topological polar surface area (TPSA) is 67.2 Å². The Kier molecular flexibility index (Phi) is 6.24. The zero-order valence-electron chi connectivity index (χ0n) is 16.5. The van der Waals surface area contributed by atoms with E-state index in [2.05, 4.69) is 10.3 Å². The van der Waals surface area contributed by atoms with Gasteiger partial charge in [-0.2, -0.15) is 0 Å². The summed E-state index contributed by atoms with van der Waals surface area (Å²) in [5.41, 5.74) is 2.83. The van der Waals surface area contributed by atoms with Crippen molar-refractivity contribution < 1.29 is 9.46 Å². The van der Waals surface area contributed by atoms with Gasteiger partial charge in [-0.05, 0) is 23.3 Å². The molecular weight excluding hydrogens is 393 g/mol. The summed E-state index contributed by atoms with van der Waals surface area (Å²) in [5.74, 6) is -0.786. The summed E-state index contributed by atoms with van der Waals surface area (Å²) in [6.45, 7) is 1.05. The van der Waals surface area contributed by atoms with Crippen molar-refractivity contribution in [2.24, 2.45) is 0 Å². The van der Waals surface area contributed by atoms with Crippen molar-refractivity contribution in [3.63, 3.8) is 0 Å². The van der Waals surface area contributed by atoms with Gasteiger partial charge >= 0.3 is 0 Å². The van der Waals surface area contributed by atoms with E-state index in [9.17, 15) is 9.46 Å². The molecule has 0 fully saturated rings. The summed E-state index contributed by atoms with van der Waals surface area (Å²) in [4.78, 5) is 15.5. The molecule has 0 aliphatic heterocycles. The van der Waals surface area contributed by atoms with E-state index in [0.717, 1.165) is 11.1 Å². The molecule has 2 N–H and O–H groups in total. The van der Waals surface area contributed by atoms with E-state index < -0.39 is 13.2 Å². The normalized spacial score (nSPS) is 14.2. The van der Waals surface area contributed by atoms with Gasteiger partial charge in [-0.15, -0.1) is 0 Å². The SMILES string of the molecule is O=P(O)(c1ccccc1)C(NCc1ccccc1)c1cncn1Cc1ccccc1. The van der Waals surface area contributed by atoms with Crippen LogP contribution >= 0.6 is 7.37 Å². The molecule has 2 atom stereocenters. The molecule has 0 amide bonds. The fourth-order valence-corrected chi connectivity index (χ4v) is 5.29. The minimum atomic E-state index is -3.78. The Bertz CT molecular complexity index is 1110. The number of aromatic nitrogens is 2. The maximum atomic E-state index is 13.7. The first kappa shape index (κ1) is 20.3. The third-order valence-corrected chi connectivity index (χ3v) is 7.22. The van der Waals surface area contributed by atoms with Crippen molar-refractivity contribution in [3.8, 4) is 0 Å². The summed E-state index contributed by atoms with van der Waals surface area (Å²) in [6.07, 6.45) is 3.39. The largest absolute Gasteiger partial charge is 0.340 e. The molecular formula is C24H24N3O2P. The summed E-state index contributed by atoms with van der Waals surface area (Å²) in [7, 11) is -3.78. The summed E-state index contributed by atoms with van der Waals surface area (Å²) < 4.78 is 15.6. The van der Waals surface area contributed by atoms with Crippen molar-refractivity contribution >= 4 is 12.7 Å². The zero-order chi connectivity index (χ0) is 20.8. The van der Waals surface area contributed by atoms with Gasteiger partial charge in [0.1, 0.15) is 5.78 Å². The molecule has 0 aliphatic carbocycles. The maximum absolute atomic E-state index is 13.7. The lowest BCUT2D eigenvalue weighted by Crippen LogP contribution is -2.27. The molecule has 0 bridgehead atoms. The number of nitrogens with one attached hydrogen (secondary N) is 1. The highest BCUT2D eigenvalue weighted by Crippen LogP contribution is 2.53. The first-order chi connectivity index (χ1) is 14.6. The third-order valence-electron chi connectivity index (χ3n) is 5.04. The highest BCUT2D eigenvalue weighted by molar-refractivity contribution is 7.66. The molecule has 0 radical (unpaired) electrons. The molecule has 6 heteroatoms. The van der Waals surface area contributed by atoms with Crippen LogP contribution in [0.3, 0.4) is 0 Å². The smallest absolute Gasteiger partial charge is 0.252 e. The molecule has 30 heavy (non-hydrogen) atoms. The standard InChI is InChI=1S/C24H24N3O2P/c28-30(29,22-14-8-3-9-15-22)24(26-16-20-10-4-1-5-11-20)23-17-25-19-27(23)18-21-12-6-2-7-13-21/h1-15,17,19,24,26H,16,18H2,(H,28,29). The van der Waals surface area contributed by atoms with E-state index in [1.54, 1.807) is 36.8 Å². The van der Waals surface area contributed by atoms with Gasteiger partial charge in [0.15, 0.2) is 0 Å². The average Bonchev–Trinajstić information content (AvgIpc) is 3.23.